The van der Waals surface area contributed by atoms with E-state index in [1.165, 1.54) is 6.08 Å². The molecule has 4 nitrogen and oxygen atoms in total. The van der Waals surface area contributed by atoms with E-state index in [1.807, 2.05) is 12.1 Å². The zero-order valence-electron chi connectivity index (χ0n) is 6.73. The molecule has 0 aliphatic heterocycles. The van der Waals surface area contributed by atoms with E-state index in [9.17, 15) is 0 Å². The van der Waals surface area contributed by atoms with E-state index in [2.05, 4.69) is 15.2 Å². The van der Waals surface area contributed by atoms with Crippen LogP contribution in [0.3, 0.4) is 0 Å². The zero-order valence-corrected chi connectivity index (χ0v) is 6.73. The van der Waals surface area contributed by atoms with Crippen molar-refractivity contribution in [2.24, 2.45) is 0 Å². The van der Waals surface area contributed by atoms with Gasteiger partial charge in [0.15, 0.2) is 0 Å². The van der Waals surface area contributed by atoms with E-state index in [-0.39, 0.29) is 0 Å². The van der Waals surface area contributed by atoms with E-state index in [1.54, 1.807) is 18.5 Å². The van der Waals surface area contributed by atoms with Gasteiger partial charge < -0.3 is 0 Å². The molecule has 0 amide bonds. The Kier molecular flexibility index (Phi) is 1.77. The van der Waals surface area contributed by atoms with Crippen LogP contribution in [-0.4, -0.2) is 15.2 Å². The van der Waals surface area contributed by atoms with Crippen molar-refractivity contribution in [1.82, 2.24) is 15.2 Å². The van der Waals surface area contributed by atoms with Crippen LogP contribution in [0.25, 0.3) is 17.1 Å². The third-order valence-electron chi connectivity index (χ3n) is 1.66. The summed E-state index contributed by atoms with van der Waals surface area (Å²) in [4.78, 5) is 4.14. The smallest absolute Gasteiger partial charge is 0.108 e. The highest BCUT2D eigenvalue weighted by Gasteiger charge is 1.95. The summed E-state index contributed by atoms with van der Waals surface area (Å²) >= 11 is 0. The molecular weight excluding hydrogens is 164 g/mol. The SMILES string of the molecule is N#CC=Cc1cnc2cn[nH]c2c1. The Morgan fingerprint density at radius 1 is 1.46 bits per heavy atom. The minimum atomic E-state index is 0.828. The van der Waals surface area contributed by atoms with Gasteiger partial charge in [-0.3, -0.25) is 10.1 Å². The van der Waals surface area contributed by atoms with Gasteiger partial charge in [0, 0.05) is 12.3 Å². The van der Waals surface area contributed by atoms with E-state index in [4.69, 9.17) is 5.26 Å². The van der Waals surface area contributed by atoms with Crippen LogP contribution in [0, 0.1) is 11.3 Å². The topological polar surface area (TPSA) is 65.4 Å². The first kappa shape index (κ1) is 7.50. The molecule has 0 bridgehead atoms. The molecule has 2 rings (SSSR count). The van der Waals surface area contributed by atoms with Crippen molar-refractivity contribution in [3.8, 4) is 6.07 Å². The molecule has 1 N–H and O–H groups in total. The number of fused-ring (bicyclic) bond motifs is 1. The van der Waals surface area contributed by atoms with Gasteiger partial charge in [-0.25, -0.2) is 0 Å². The number of rotatable bonds is 1. The molecule has 2 heterocycles. The molecule has 62 valence electrons. The number of aromatic amines is 1. The van der Waals surface area contributed by atoms with Crippen molar-refractivity contribution >= 4 is 17.1 Å². The van der Waals surface area contributed by atoms with Crippen LogP contribution in [0.15, 0.2) is 24.5 Å². The summed E-state index contributed by atoms with van der Waals surface area (Å²) in [5, 5.41) is 15.0. The van der Waals surface area contributed by atoms with Crippen molar-refractivity contribution < 1.29 is 0 Å². The maximum absolute atomic E-state index is 8.32. The second-order valence-corrected chi connectivity index (χ2v) is 2.53. The standard InChI is InChI=1S/C9H6N4/c10-3-1-2-7-4-8-9(11-5-7)6-12-13-8/h1-2,4-6H,(H,12,13). The highest BCUT2D eigenvalue weighted by molar-refractivity contribution is 5.75. The quantitative estimate of drug-likeness (QED) is 0.659. The van der Waals surface area contributed by atoms with E-state index in [0.29, 0.717) is 0 Å². The lowest BCUT2D eigenvalue weighted by Crippen LogP contribution is -1.77. The lowest BCUT2D eigenvalue weighted by molar-refractivity contribution is 1.12. The second-order valence-electron chi connectivity index (χ2n) is 2.53. The minimum Gasteiger partial charge on any atom is -0.276 e. The van der Waals surface area contributed by atoms with E-state index >= 15 is 0 Å². The lowest BCUT2D eigenvalue weighted by atomic mass is 10.2. The first-order chi connectivity index (χ1) is 6.40. The van der Waals surface area contributed by atoms with E-state index < -0.39 is 0 Å². The molecule has 0 fully saturated rings. The summed E-state index contributed by atoms with van der Waals surface area (Å²) in [5.41, 5.74) is 2.59. The Bertz CT molecular complexity index is 490. The number of hydrogen-bond acceptors (Lipinski definition) is 3. The molecule has 0 atom stereocenters. The maximum atomic E-state index is 8.32. The predicted molar refractivity (Wildman–Crippen MR) is 48.5 cm³/mol. The molecule has 2 aromatic heterocycles. The Morgan fingerprint density at radius 2 is 2.38 bits per heavy atom. The van der Waals surface area contributed by atoms with Gasteiger partial charge >= 0.3 is 0 Å². The number of nitrogens with zero attached hydrogens (tertiary/aromatic N) is 3. The molecule has 0 radical (unpaired) electrons. The molecule has 0 aliphatic rings. The Labute approximate surface area is 74.5 Å². The first-order valence-corrected chi connectivity index (χ1v) is 3.75. The van der Waals surface area contributed by atoms with Crippen molar-refractivity contribution in [1.29, 1.82) is 5.26 Å². The molecule has 0 spiro atoms. The van der Waals surface area contributed by atoms with Gasteiger partial charge in [0.25, 0.3) is 0 Å². The van der Waals surface area contributed by atoms with Gasteiger partial charge in [-0.15, -0.1) is 0 Å². The lowest BCUT2D eigenvalue weighted by Gasteiger charge is -1.90. The molecule has 0 unspecified atom stereocenters. The van der Waals surface area contributed by atoms with Gasteiger partial charge in [-0.2, -0.15) is 10.4 Å². The average Bonchev–Trinajstić information content (AvgIpc) is 2.61. The van der Waals surface area contributed by atoms with Gasteiger partial charge in [0.1, 0.15) is 5.52 Å². The van der Waals surface area contributed by atoms with Crippen LogP contribution >= 0.6 is 0 Å². The van der Waals surface area contributed by atoms with Crippen LogP contribution in [0.2, 0.25) is 0 Å². The molecule has 0 aromatic carbocycles. The largest absolute Gasteiger partial charge is 0.276 e. The minimum absolute atomic E-state index is 0.828. The van der Waals surface area contributed by atoms with Crippen molar-refractivity contribution in [3.63, 3.8) is 0 Å². The average molecular weight is 170 g/mol. The summed E-state index contributed by atoms with van der Waals surface area (Å²) in [5.74, 6) is 0. The van der Waals surface area contributed by atoms with Crippen LogP contribution in [0.5, 0.6) is 0 Å². The number of nitriles is 1. The number of aromatic nitrogens is 3. The summed E-state index contributed by atoms with van der Waals surface area (Å²) in [6.07, 6.45) is 6.48. The van der Waals surface area contributed by atoms with E-state index in [0.717, 1.165) is 16.6 Å². The summed E-state index contributed by atoms with van der Waals surface area (Å²) in [7, 11) is 0. The maximum Gasteiger partial charge on any atom is 0.108 e. The van der Waals surface area contributed by atoms with Crippen LogP contribution in [-0.2, 0) is 0 Å². The van der Waals surface area contributed by atoms with Crippen molar-refractivity contribution in [2.75, 3.05) is 0 Å². The monoisotopic (exact) mass is 170 g/mol. The Morgan fingerprint density at radius 3 is 3.23 bits per heavy atom. The van der Waals surface area contributed by atoms with Crippen LogP contribution in [0.1, 0.15) is 5.56 Å². The number of nitrogens with one attached hydrogen (secondary N) is 1. The summed E-state index contributed by atoms with van der Waals surface area (Å²) in [6.45, 7) is 0. The summed E-state index contributed by atoms with van der Waals surface area (Å²) in [6, 6.07) is 3.82. The van der Waals surface area contributed by atoms with Crippen molar-refractivity contribution in [3.05, 3.63) is 30.1 Å². The van der Waals surface area contributed by atoms with Crippen LogP contribution in [0.4, 0.5) is 0 Å². The molecule has 0 aliphatic carbocycles. The predicted octanol–water partition coefficient (Wildman–Crippen LogP) is 1.49. The fourth-order valence-corrected chi connectivity index (χ4v) is 1.07. The molecule has 13 heavy (non-hydrogen) atoms. The van der Waals surface area contributed by atoms with Gasteiger partial charge in [-0.1, -0.05) is 0 Å². The number of H-pyrrole nitrogens is 1. The first-order valence-electron chi connectivity index (χ1n) is 3.75. The molecule has 0 saturated carbocycles. The highest BCUT2D eigenvalue weighted by atomic mass is 15.1. The normalized spacial score (nSPS) is 10.7. The Hall–Kier alpha value is -2.15. The van der Waals surface area contributed by atoms with Gasteiger partial charge in [-0.05, 0) is 17.7 Å². The number of hydrogen-bond donors (Lipinski definition) is 1. The molecule has 4 heteroatoms. The van der Waals surface area contributed by atoms with Crippen LogP contribution < -0.4 is 0 Å². The number of allylic oxidation sites excluding steroid dienone is 1. The zero-order chi connectivity index (χ0) is 9.10. The van der Waals surface area contributed by atoms with Gasteiger partial charge in [0.2, 0.25) is 0 Å². The molecule has 0 saturated heterocycles. The highest BCUT2D eigenvalue weighted by Crippen LogP contribution is 2.10. The second kappa shape index (κ2) is 3.07. The third-order valence-corrected chi connectivity index (χ3v) is 1.66. The third kappa shape index (κ3) is 1.40. The molecule has 2 aromatic rings. The Balaban J connectivity index is 2.49. The molecular formula is C9H6N4. The fraction of sp³-hybridized carbons (Fsp3) is 0. The fourth-order valence-electron chi connectivity index (χ4n) is 1.07. The number of pyridine rings is 1. The van der Waals surface area contributed by atoms with Gasteiger partial charge in [0.05, 0.1) is 17.8 Å². The summed E-state index contributed by atoms with van der Waals surface area (Å²) < 4.78 is 0. The van der Waals surface area contributed by atoms with Crippen molar-refractivity contribution in [2.45, 2.75) is 0 Å².